The summed E-state index contributed by atoms with van der Waals surface area (Å²) in [6.45, 7) is 5.71. The minimum absolute atomic E-state index is 0.0455. The molecule has 1 aliphatic heterocycles. The maximum Gasteiger partial charge on any atom is 0.222 e. The number of carbonyl (C=O) groups is 1. The molecule has 0 saturated carbocycles. The first kappa shape index (κ1) is 20.6. The van der Waals surface area contributed by atoms with Gasteiger partial charge in [-0.25, -0.2) is 18.4 Å². The van der Waals surface area contributed by atoms with Gasteiger partial charge in [-0.05, 0) is 19.8 Å². The zero-order valence-corrected chi connectivity index (χ0v) is 16.9. The molecule has 2 heterocycles. The van der Waals surface area contributed by atoms with Crippen molar-refractivity contribution < 1.29 is 13.2 Å². The number of aryl methyl sites for hydroxylation is 1. The first-order valence-electron chi connectivity index (χ1n) is 8.87. The predicted octanol–water partition coefficient (Wildman–Crippen LogP) is 0.454. The molecule has 0 aliphatic carbocycles. The fourth-order valence-electron chi connectivity index (χ4n) is 2.58. The van der Waals surface area contributed by atoms with Gasteiger partial charge in [0.05, 0.1) is 18.1 Å². The molecule has 146 valence electrons. The lowest BCUT2D eigenvalue weighted by Crippen LogP contribution is -2.41. The van der Waals surface area contributed by atoms with Crippen LogP contribution >= 0.6 is 11.3 Å². The summed E-state index contributed by atoms with van der Waals surface area (Å²) < 4.78 is 22.8. The van der Waals surface area contributed by atoms with Gasteiger partial charge in [-0.1, -0.05) is 6.92 Å². The van der Waals surface area contributed by atoms with Gasteiger partial charge in [-0.15, -0.1) is 11.3 Å². The van der Waals surface area contributed by atoms with Gasteiger partial charge < -0.3 is 16.0 Å². The Kier molecular flexibility index (Phi) is 7.83. The molecule has 1 aliphatic rings. The number of rotatable bonds is 8. The number of hydrogen-bond acceptors (Lipinski definition) is 6. The minimum atomic E-state index is -2.98. The molecule has 1 fully saturated rings. The Morgan fingerprint density at radius 1 is 1.38 bits per heavy atom. The van der Waals surface area contributed by atoms with Gasteiger partial charge in [-0.2, -0.15) is 0 Å². The van der Waals surface area contributed by atoms with E-state index in [4.69, 9.17) is 0 Å². The van der Waals surface area contributed by atoms with Crippen LogP contribution in [0.25, 0.3) is 0 Å². The summed E-state index contributed by atoms with van der Waals surface area (Å²) in [5.41, 5.74) is 0. The summed E-state index contributed by atoms with van der Waals surface area (Å²) in [6, 6.07) is -0.257. The summed E-state index contributed by atoms with van der Waals surface area (Å²) >= 11 is 1.65. The number of nitrogens with zero attached hydrogens (tertiary/aromatic N) is 2. The summed E-state index contributed by atoms with van der Waals surface area (Å²) in [6.07, 6.45) is 3.61. The lowest BCUT2D eigenvalue weighted by atomic mass is 10.2. The third-order valence-electron chi connectivity index (χ3n) is 3.91. The van der Waals surface area contributed by atoms with Crippen molar-refractivity contribution in [3.05, 3.63) is 16.1 Å². The van der Waals surface area contributed by atoms with E-state index in [1.165, 1.54) is 4.88 Å². The van der Waals surface area contributed by atoms with E-state index in [-0.39, 0.29) is 29.9 Å². The van der Waals surface area contributed by atoms with Crippen molar-refractivity contribution in [1.29, 1.82) is 0 Å². The van der Waals surface area contributed by atoms with Crippen molar-refractivity contribution in [3.63, 3.8) is 0 Å². The highest BCUT2D eigenvalue weighted by Crippen LogP contribution is 2.14. The lowest BCUT2D eigenvalue weighted by molar-refractivity contribution is -0.121. The number of hydrogen-bond donors (Lipinski definition) is 3. The summed E-state index contributed by atoms with van der Waals surface area (Å²) in [4.78, 5) is 22.0. The van der Waals surface area contributed by atoms with Gasteiger partial charge in [0, 0.05) is 36.6 Å². The van der Waals surface area contributed by atoms with E-state index in [1.807, 2.05) is 13.1 Å². The minimum Gasteiger partial charge on any atom is -0.357 e. The van der Waals surface area contributed by atoms with Crippen molar-refractivity contribution in [2.24, 2.45) is 4.99 Å². The molecule has 0 radical (unpaired) electrons. The molecule has 1 saturated heterocycles. The molecule has 10 heteroatoms. The Morgan fingerprint density at radius 3 is 2.81 bits per heavy atom. The molecule has 0 bridgehead atoms. The monoisotopic (exact) mass is 401 g/mol. The van der Waals surface area contributed by atoms with E-state index in [1.54, 1.807) is 11.3 Å². The summed E-state index contributed by atoms with van der Waals surface area (Å²) in [7, 11) is -2.98. The van der Waals surface area contributed by atoms with E-state index in [9.17, 15) is 13.2 Å². The first-order valence-corrected chi connectivity index (χ1v) is 11.5. The molecule has 1 amide bonds. The molecular formula is C16H27N5O3S2. The third-order valence-corrected chi connectivity index (χ3v) is 6.80. The van der Waals surface area contributed by atoms with Crippen molar-refractivity contribution in [3.8, 4) is 0 Å². The van der Waals surface area contributed by atoms with E-state index in [0.717, 1.165) is 18.0 Å². The zero-order chi connectivity index (χ0) is 19.0. The average molecular weight is 402 g/mol. The highest BCUT2D eigenvalue weighted by Gasteiger charge is 2.28. The number of sulfone groups is 1. The fourth-order valence-corrected chi connectivity index (χ4v) is 5.04. The van der Waals surface area contributed by atoms with Crippen molar-refractivity contribution in [2.45, 2.75) is 45.7 Å². The highest BCUT2D eigenvalue weighted by molar-refractivity contribution is 7.91. The largest absolute Gasteiger partial charge is 0.357 e. The Morgan fingerprint density at radius 2 is 2.19 bits per heavy atom. The van der Waals surface area contributed by atoms with Crippen molar-refractivity contribution in [2.75, 3.05) is 24.6 Å². The highest BCUT2D eigenvalue weighted by atomic mass is 32.2. The predicted molar refractivity (Wildman–Crippen MR) is 104 cm³/mol. The quantitative estimate of drug-likeness (QED) is 0.431. The van der Waals surface area contributed by atoms with E-state index < -0.39 is 9.84 Å². The SMILES string of the molecule is CCNC(=NCc1ncc(CC)s1)NCCC(=O)NC1CCS(=O)(=O)C1. The molecule has 1 aromatic rings. The Bertz CT molecular complexity index is 730. The van der Waals surface area contributed by atoms with Crippen molar-refractivity contribution >= 4 is 33.0 Å². The second kappa shape index (κ2) is 9.86. The van der Waals surface area contributed by atoms with Gasteiger partial charge in [0.2, 0.25) is 5.91 Å². The molecule has 8 nitrogen and oxygen atoms in total. The van der Waals surface area contributed by atoms with Crippen LogP contribution in [0.3, 0.4) is 0 Å². The lowest BCUT2D eigenvalue weighted by Gasteiger charge is -2.13. The Labute approximate surface area is 158 Å². The number of thiazole rings is 1. The number of carbonyl (C=O) groups excluding carboxylic acids is 1. The standard InChI is InChI=1S/C16H27N5O3S2/c1-3-13-9-19-15(25-13)10-20-16(17-4-2)18-7-5-14(22)21-12-6-8-26(23,24)11-12/h9,12H,3-8,10-11H2,1-2H3,(H,21,22)(H2,17,18,20). The van der Waals surface area contributed by atoms with Gasteiger partial charge in [0.1, 0.15) is 5.01 Å². The van der Waals surface area contributed by atoms with Gasteiger partial charge in [-0.3, -0.25) is 4.79 Å². The van der Waals surface area contributed by atoms with Crippen molar-refractivity contribution in [1.82, 2.24) is 20.9 Å². The Hall–Kier alpha value is -1.68. The van der Waals surface area contributed by atoms with Crippen LogP contribution in [0.5, 0.6) is 0 Å². The number of amides is 1. The van der Waals surface area contributed by atoms with Crippen LogP contribution < -0.4 is 16.0 Å². The summed E-state index contributed by atoms with van der Waals surface area (Å²) in [5.74, 6) is 0.688. The van der Waals surface area contributed by atoms with Gasteiger partial charge in [0.25, 0.3) is 0 Å². The molecule has 0 aromatic carbocycles. The second-order valence-electron chi connectivity index (χ2n) is 6.11. The maximum absolute atomic E-state index is 12.0. The smallest absolute Gasteiger partial charge is 0.222 e. The van der Waals surface area contributed by atoms with E-state index >= 15 is 0 Å². The van der Waals surface area contributed by atoms with Crippen LogP contribution in [0.2, 0.25) is 0 Å². The number of guanidine groups is 1. The van der Waals surface area contributed by atoms with Crippen LogP contribution in [-0.4, -0.2) is 55.9 Å². The number of nitrogens with one attached hydrogen (secondary N) is 3. The molecule has 26 heavy (non-hydrogen) atoms. The van der Waals surface area contributed by atoms with Gasteiger partial charge >= 0.3 is 0 Å². The maximum atomic E-state index is 12.0. The van der Waals surface area contributed by atoms with Crippen LogP contribution in [0.4, 0.5) is 0 Å². The molecular weight excluding hydrogens is 374 g/mol. The second-order valence-corrected chi connectivity index (χ2v) is 9.54. The van der Waals surface area contributed by atoms with E-state index in [2.05, 4.69) is 32.9 Å². The molecule has 2 rings (SSSR count). The number of aliphatic imine (C=N–C) groups is 1. The van der Waals surface area contributed by atoms with Crippen LogP contribution in [-0.2, 0) is 27.6 Å². The topological polar surface area (TPSA) is 113 Å². The molecule has 1 aromatic heterocycles. The molecule has 1 atom stereocenters. The van der Waals surface area contributed by atoms with Gasteiger partial charge in [0.15, 0.2) is 15.8 Å². The van der Waals surface area contributed by atoms with Crippen LogP contribution in [0.1, 0.15) is 36.6 Å². The fraction of sp³-hybridized carbons (Fsp3) is 0.688. The average Bonchev–Trinajstić information content (AvgIpc) is 3.18. The zero-order valence-electron chi connectivity index (χ0n) is 15.2. The molecule has 3 N–H and O–H groups in total. The van der Waals surface area contributed by atoms with Crippen LogP contribution in [0, 0.1) is 0 Å². The first-order chi connectivity index (χ1) is 12.4. The van der Waals surface area contributed by atoms with E-state index in [0.29, 0.717) is 25.5 Å². The third kappa shape index (κ3) is 6.91. The summed E-state index contributed by atoms with van der Waals surface area (Å²) in [5, 5.41) is 9.99. The Balaban J connectivity index is 1.75. The molecule has 0 spiro atoms. The normalized spacial score (nSPS) is 19.3. The van der Waals surface area contributed by atoms with Crippen LogP contribution in [0.15, 0.2) is 11.2 Å². The number of aromatic nitrogens is 1. The molecule has 1 unspecified atom stereocenters.